The maximum Gasteiger partial charge on any atom is 0.237 e. The van der Waals surface area contributed by atoms with Gasteiger partial charge >= 0.3 is 0 Å². The highest BCUT2D eigenvalue weighted by Crippen LogP contribution is 2.37. The minimum atomic E-state index is -0.461. The number of nitrogens with zero attached hydrogens (tertiary/aromatic N) is 1. The van der Waals surface area contributed by atoms with Crippen molar-refractivity contribution in [3.05, 3.63) is 0 Å². The van der Waals surface area contributed by atoms with E-state index in [0.29, 0.717) is 11.5 Å². The number of nitrogens with one attached hydrogen (secondary N) is 1. The van der Waals surface area contributed by atoms with Gasteiger partial charge in [0.1, 0.15) is 0 Å². The van der Waals surface area contributed by atoms with Crippen LogP contribution in [0, 0.1) is 5.41 Å². The zero-order valence-corrected chi connectivity index (χ0v) is 12.0. The molecule has 0 aromatic carbocycles. The summed E-state index contributed by atoms with van der Waals surface area (Å²) in [6.45, 7) is 7.02. The predicted molar refractivity (Wildman–Crippen MR) is 73.2 cm³/mol. The van der Waals surface area contributed by atoms with E-state index in [4.69, 9.17) is 5.73 Å². The lowest BCUT2D eigenvalue weighted by Crippen LogP contribution is -2.53. The molecule has 2 fully saturated rings. The Kier molecular flexibility index (Phi) is 3.70. The van der Waals surface area contributed by atoms with Crippen LogP contribution < -0.4 is 11.1 Å². The Morgan fingerprint density at radius 1 is 1.28 bits per heavy atom. The van der Waals surface area contributed by atoms with Crippen molar-refractivity contribution in [3.8, 4) is 0 Å². The quantitative estimate of drug-likeness (QED) is 0.792. The molecule has 0 spiro atoms. The minimum Gasteiger partial charge on any atom is -0.368 e. The molecule has 1 saturated carbocycles. The summed E-state index contributed by atoms with van der Waals surface area (Å²) in [6.07, 6.45) is 5.35. The lowest BCUT2D eigenvalue weighted by molar-refractivity contribution is -0.124. The molecule has 104 valence electrons. The lowest BCUT2D eigenvalue weighted by atomic mass is 9.82. The Labute approximate surface area is 110 Å². The number of likely N-dealkylation sites (N-methyl/N-ethyl adjacent to an activating group) is 1. The number of amides is 1. The topological polar surface area (TPSA) is 58.4 Å². The van der Waals surface area contributed by atoms with Crippen molar-refractivity contribution in [1.29, 1.82) is 0 Å². The number of hydrogen-bond donors (Lipinski definition) is 2. The second-order valence-corrected chi connectivity index (χ2v) is 6.79. The number of carbonyl (C=O) groups excluding carboxylic acids is 1. The van der Waals surface area contributed by atoms with Crippen molar-refractivity contribution < 1.29 is 4.79 Å². The zero-order valence-electron chi connectivity index (χ0n) is 12.0. The van der Waals surface area contributed by atoms with E-state index in [9.17, 15) is 4.79 Å². The van der Waals surface area contributed by atoms with Crippen molar-refractivity contribution in [2.24, 2.45) is 11.1 Å². The fourth-order valence-corrected chi connectivity index (χ4v) is 3.40. The first-order chi connectivity index (χ1) is 8.38. The highest BCUT2D eigenvalue weighted by atomic mass is 16.1. The first-order valence-corrected chi connectivity index (χ1v) is 7.11. The number of primary amides is 1. The third kappa shape index (κ3) is 2.54. The average molecular weight is 253 g/mol. The molecule has 4 heteroatoms. The van der Waals surface area contributed by atoms with Gasteiger partial charge in [-0.3, -0.25) is 4.79 Å². The van der Waals surface area contributed by atoms with Gasteiger partial charge in [0.25, 0.3) is 0 Å². The summed E-state index contributed by atoms with van der Waals surface area (Å²) in [5, 5.41) is 3.16. The molecule has 2 unspecified atom stereocenters. The van der Waals surface area contributed by atoms with Crippen molar-refractivity contribution in [1.82, 2.24) is 10.2 Å². The molecule has 1 aliphatic carbocycles. The fraction of sp³-hybridized carbons (Fsp3) is 0.929. The molecule has 0 aromatic heterocycles. The molecule has 2 atom stereocenters. The molecule has 1 saturated heterocycles. The molecule has 0 aromatic rings. The highest BCUT2D eigenvalue weighted by molar-refractivity contribution is 5.85. The van der Waals surface area contributed by atoms with Crippen LogP contribution in [-0.2, 0) is 4.79 Å². The van der Waals surface area contributed by atoms with E-state index in [1.807, 2.05) is 7.05 Å². The highest BCUT2D eigenvalue weighted by Gasteiger charge is 2.45. The van der Waals surface area contributed by atoms with Crippen LogP contribution >= 0.6 is 0 Å². The van der Waals surface area contributed by atoms with Crippen LogP contribution in [0.5, 0.6) is 0 Å². The van der Waals surface area contributed by atoms with Gasteiger partial charge in [-0.05, 0) is 57.7 Å². The van der Waals surface area contributed by atoms with E-state index in [1.54, 1.807) is 0 Å². The summed E-state index contributed by atoms with van der Waals surface area (Å²) in [5.74, 6) is -0.190. The number of hydrogen-bond acceptors (Lipinski definition) is 3. The number of carbonyl (C=O) groups is 1. The molecule has 0 radical (unpaired) electrons. The van der Waals surface area contributed by atoms with Crippen LogP contribution in [0.3, 0.4) is 0 Å². The van der Waals surface area contributed by atoms with E-state index < -0.39 is 5.54 Å². The summed E-state index contributed by atoms with van der Waals surface area (Å²) in [7, 11) is 1.85. The zero-order chi connectivity index (χ0) is 13.4. The molecule has 2 rings (SSSR count). The standard InChI is InChI=1S/C14H27N3O/c1-13(2)6-8-17(9-7-13)11-4-5-14(10-11,16-3)12(15)18/h11,16H,4-10H2,1-3H3,(H2,15,18). The van der Waals surface area contributed by atoms with E-state index in [2.05, 4.69) is 24.1 Å². The molecule has 1 aliphatic heterocycles. The third-order valence-corrected chi connectivity index (χ3v) is 5.11. The molecule has 1 amide bonds. The molecular weight excluding hydrogens is 226 g/mol. The van der Waals surface area contributed by atoms with Gasteiger partial charge in [-0.25, -0.2) is 0 Å². The largest absolute Gasteiger partial charge is 0.368 e. The van der Waals surface area contributed by atoms with Crippen molar-refractivity contribution in [3.63, 3.8) is 0 Å². The summed E-state index contributed by atoms with van der Waals surface area (Å²) in [6, 6.07) is 0.529. The van der Waals surface area contributed by atoms with Crippen molar-refractivity contribution in [2.45, 2.75) is 57.5 Å². The van der Waals surface area contributed by atoms with E-state index in [0.717, 1.165) is 32.4 Å². The second-order valence-electron chi connectivity index (χ2n) is 6.79. The van der Waals surface area contributed by atoms with E-state index in [-0.39, 0.29) is 5.91 Å². The van der Waals surface area contributed by atoms with Crippen molar-refractivity contribution in [2.75, 3.05) is 20.1 Å². The Bertz CT molecular complexity index is 319. The molecular formula is C14H27N3O. The minimum absolute atomic E-state index is 0.190. The van der Waals surface area contributed by atoms with Gasteiger partial charge in [-0.1, -0.05) is 13.8 Å². The summed E-state index contributed by atoms with van der Waals surface area (Å²) in [4.78, 5) is 14.2. The van der Waals surface area contributed by atoms with E-state index >= 15 is 0 Å². The summed E-state index contributed by atoms with van der Waals surface area (Å²) < 4.78 is 0. The number of nitrogens with two attached hydrogens (primary N) is 1. The SMILES string of the molecule is CNC1(C(N)=O)CCC(N2CCC(C)(C)CC2)C1. The number of likely N-dealkylation sites (tertiary alicyclic amines) is 1. The summed E-state index contributed by atoms with van der Waals surface area (Å²) in [5.41, 5.74) is 5.58. The van der Waals surface area contributed by atoms with Gasteiger partial charge in [-0.15, -0.1) is 0 Å². The van der Waals surface area contributed by atoms with Gasteiger partial charge in [0.2, 0.25) is 5.91 Å². The first kappa shape index (κ1) is 13.8. The molecule has 2 aliphatic rings. The number of rotatable bonds is 3. The van der Waals surface area contributed by atoms with Gasteiger partial charge in [0, 0.05) is 6.04 Å². The van der Waals surface area contributed by atoms with Crippen LogP contribution in [0.4, 0.5) is 0 Å². The molecule has 0 bridgehead atoms. The van der Waals surface area contributed by atoms with Crippen LogP contribution in [0.2, 0.25) is 0 Å². The van der Waals surface area contributed by atoms with Gasteiger partial charge in [0.15, 0.2) is 0 Å². The Hall–Kier alpha value is -0.610. The smallest absolute Gasteiger partial charge is 0.237 e. The first-order valence-electron chi connectivity index (χ1n) is 7.11. The normalized spacial score (nSPS) is 36.7. The maximum absolute atomic E-state index is 11.6. The Morgan fingerprint density at radius 3 is 2.33 bits per heavy atom. The average Bonchev–Trinajstić information content (AvgIpc) is 2.74. The molecule has 4 nitrogen and oxygen atoms in total. The van der Waals surface area contributed by atoms with Crippen LogP contribution in [0.1, 0.15) is 46.0 Å². The van der Waals surface area contributed by atoms with Crippen LogP contribution in [0.15, 0.2) is 0 Å². The van der Waals surface area contributed by atoms with Crippen LogP contribution in [-0.4, -0.2) is 42.5 Å². The third-order valence-electron chi connectivity index (χ3n) is 5.11. The predicted octanol–water partition coefficient (Wildman–Crippen LogP) is 1.10. The monoisotopic (exact) mass is 253 g/mol. The summed E-state index contributed by atoms with van der Waals surface area (Å²) >= 11 is 0. The lowest BCUT2D eigenvalue weighted by Gasteiger charge is -2.40. The second kappa shape index (κ2) is 4.82. The van der Waals surface area contributed by atoms with Gasteiger partial charge < -0.3 is 16.0 Å². The number of piperidine rings is 1. The van der Waals surface area contributed by atoms with Crippen LogP contribution in [0.25, 0.3) is 0 Å². The maximum atomic E-state index is 11.6. The van der Waals surface area contributed by atoms with E-state index in [1.165, 1.54) is 12.8 Å². The van der Waals surface area contributed by atoms with Gasteiger partial charge in [0.05, 0.1) is 5.54 Å². The fourth-order valence-electron chi connectivity index (χ4n) is 3.40. The van der Waals surface area contributed by atoms with Gasteiger partial charge in [-0.2, -0.15) is 0 Å². The molecule has 18 heavy (non-hydrogen) atoms. The van der Waals surface area contributed by atoms with Crippen molar-refractivity contribution >= 4 is 5.91 Å². The molecule has 1 heterocycles. The Morgan fingerprint density at radius 2 is 1.89 bits per heavy atom. The Balaban J connectivity index is 1.95. The molecule has 3 N–H and O–H groups in total.